The highest BCUT2D eigenvalue weighted by molar-refractivity contribution is 5.95. The number of hydrogen-bond donors (Lipinski definition) is 2. The fraction of sp³-hybridized carbons (Fsp3) is 0.0667. The topological polar surface area (TPSA) is 72.2 Å². The molecule has 5 heteroatoms. The number of carbonyl (C=O) groups is 2. The molecule has 0 bridgehead atoms. The largest absolute Gasteiger partial charge is 0.366 e. The number of nitrogens with one attached hydrogen (secondary N) is 1. The van der Waals surface area contributed by atoms with Gasteiger partial charge in [0.1, 0.15) is 5.82 Å². The van der Waals surface area contributed by atoms with Crippen LogP contribution < -0.4 is 11.1 Å². The number of hydrogen-bond acceptors (Lipinski definition) is 2. The minimum Gasteiger partial charge on any atom is -0.366 e. The van der Waals surface area contributed by atoms with E-state index in [4.69, 9.17) is 5.73 Å². The molecule has 0 radical (unpaired) electrons. The second-order valence-corrected chi connectivity index (χ2v) is 4.29. The van der Waals surface area contributed by atoms with Crippen molar-refractivity contribution >= 4 is 17.5 Å². The summed E-state index contributed by atoms with van der Waals surface area (Å²) in [5.41, 5.74) is 6.79. The highest BCUT2D eigenvalue weighted by Gasteiger charge is 2.05. The molecule has 102 valence electrons. The van der Waals surface area contributed by atoms with Gasteiger partial charge in [-0.1, -0.05) is 12.1 Å². The predicted molar refractivity (Wildman–Crippen MR) is 73.7 cm³/mol. The van der Waals surface area contributed by atoms with Crippen molar-refractivity contribution in [3.63, 3.8) is 0 Å². The quantitative estimate of drug-likeness (QED) is 0.894. The molecule has 0 aliphatic heterocycles. The summed E-state index contributed by atoms with van der Waals surface area (Å²) in [7, 11) is 0. The van der Waals surface area contributed by atoms with E-state index >= 15 is 0 Å². The van der Waals surface area contributed by atoms with E-state index in [0.29, 0.717) is 11.3 Å². The molecular weight excluding hydrogens is 259 g/mol. The van der Waals surface area contributed by atoms with Crippen LogP contribution in [0.25, 0.3) is 0 Å². The van der Waals surface area contributed by atoms with Gasteiger partial charge in [0.2, 0.25) is 11.8 Å². The Morgan fingerprint density at radius 2 is 1.60 bits per heavy atom. The highest BCUT2D eigenvalue weighted by Crippen LogP contribution is 2.10. The minimum absolute atomic E-state index is 0.151. The standard InChI is InChI=1S/C15H13FN2O2/c16-12-5-1-10(2-6-12)9-14(19)18-13-7-3-11(4-8-13)15(17)20/h1-8H,9H2,(H2,17,20)(H,18,19). The molecule has 0 heterocycles. The van der Waals surface area contributed by atoms with Crippen LogP contribution in [0.4, 0.5) is 10.1 Å². The lowest BCUT2D eigenvalue weighted by Crippen LogP contribution is -2.15. The molecule has 3 N–H and O–H groups in total. The lowest BCUT2D eigenvalue weighted by Gasteiger charge is -2.06. The van der Waals surface area contributed by atoms with Gasteiger partial charge in [-0.25, -0.2) is 4.39 Å². The first-order chi connectivity index (χ1) is 9.54. The average molecular weight is 272 g/mol. The lowest BCUT2D eigenvalue weighted by atomic mass is 10.1. The molecule has 2 rings (SSSR count). The number of halogens is 1. The number of benzene rings is 2. The number of nitrogens with two attached hydrogens (primary N) is 1. The molecule has 4 nitrogen and oxygen atoms in total. The van der Waals surface area contributed by atoms with Gasteiger partial charge in [0.05, 0.1) is 6.42 Å². The van der Waals surface area contributed by atoms with E-state index in [1.165, 1.54) is 24.3 Å². The van der Waals surface area contributed by atoms with Crippen molar-refractivity contribution in [1.29, 1.82) is 0 Å². The highest BCUT2D eigenvalue weighted by atomic mass is 19.1. The summed E-state index contributed by atoms with van der Waals surface area (Å²) < 4.78 is 12.7. The average Bonchev–Trinajstić information content (AvgIpc) is 2.42. The second kappa shape index (κ2) is 5.97. The predicted octanol–water partition coefficient (Wildman–Crippen LogP) is 2.11. The first kappa shape index (κ1) is 13.7. The molecule has 20 heavy (non-hydrogen) atoms. The van der Waals surface area contributed by atoms with E-state index in [0.717, 1.165) is 5.56 Å². The van der Waals surface area contributed by atoms with Crippen molar-refractivity contribution in [3.05, 3.63) is 65.5 Å². The van der Waals surface area contributed by atoms with E-state index in [-0.39, 0.29) is 18.1 Å². The SMILES string of the molecule is NC(=O)c1ccc(NC(=O)Cc2ccc(F)cc2)cc1. The molecule has 0 atom stereocenters. The van der Waals surface area contributed by atoms with E-state index in [9.17, 15) is 14.0 Å². The van der Waals surface area contributed by atoms with E-state index in [1.54, 1.807) is 24.3 Å². The third kappa shape index (κ3) is 3.65. The van der Waals surface area contributed by atoms with Crippen molar-refractivity contribution in [2.45, 2.75) is 6.42 Å². The van der Waals surface area contributed by atoms with Gasteiger partial charge in [0.15, 0.2) is 0 Å². The number of carbonyl (C=O) groups excluding carboxylic acids is 2. The van der Waals surface area contributed by atoms with Gasteiger partial charge in [-0.2, -0.15) is 0 Å². The third-order valence-electron chi connectivity index (χ3n) is 2.73. The van der Waals surface area contributed by atoms with E-state index in [2.05, 4.69) is 5.32 Å². The Hall–Kier alpha value is -2.69. The summed E-state index contributed by atoms with van der Waals surface area (Å²) in [6, 6.07) is 12.0. The molecule has 0 fully saturated rings. The van der Waals surface area contributed by atoms with Crippen molar-refractivity contribution in [3.8, 4) is 0 Å². The maximum Gasteiger partial charge on any atom is 0.248 e. The molecule has 2 aromatic carbocycles. The molecule has 0 unspecified atom stereocenters. The van der Waals surface area contributed by atoms with Gasteiger partial charge in [0, 0.05) is 11.3 Å². The molecule has 0 aliphatic carbocycles. The molecule has 0 saturated heterocycles. The van der Waals surface area contributed by atoms with Crippen LogP contribution in [-0.2, 0) is 11.2 Å². The van der Waals surface area contributed by atoms with Crippen molar-refractivity contribution in [2.75, 3.05) is 5.32 Å². The van der Waals surface area contributed by atoms with Crippen LogP contribution in [0.5, 0.6) is 0 Å². The van der Waals surface area contributed by atoms with Crippen LogP contribution >= 0.6 is 0 Å². The van der Waals surface area contributed by atoms with Gasteiger partial charge >= 0.3 is 0 Å². The van der Waals surface area contributed by atoms with Crippen molar-refractivity contribution in [1.82, 2.24) is 0 Å². The van der Waals surface area contributed by atoms with Gasteiger partial charge in [-0.05, 0) is 42.0 Å². The van der Waals surface area contributed by atoms with Crippen molar-refractivity contribution < 1.29 is 14.0 Å². The Labute approximate surface area is 115 Å². The summed E-state index contributed by atoms with van der Waals surface area (Å²) in [4.78, 5) is 22.7. The zero-order chi connectivity index (χ0) is 14.5. The Morgan fingerprint density at radius 3 is 2.15 bits per heavy atom. The Balaban J connectivity index is 1.97. The zero-order valence-electron chi connectivity index (χ0n) is 10.6. The number of anilines is 1. The van der Waals surface area contributed by atoms with Crippen LogP contribution in [0, 0.1) is 5.82 Å². The molecule has 2 aromatic rings. The third-order valence-corrected chi connectivity index (χ3v) is 2.73. The van der Waals surface area contributed by atoms with Crippen LogP contribution in [0.1, 0.15) is 15.9 Å². The number of primary amides is 1. The molecule has 0 saturated carbocycles. The maximum atomic E-state index is 12.7. The van der Waals surface area contributed by atoms with Crippen molar-refractivity contribution in [2.24, 2.45) is 5.73 Å². The van der Waals surface area contributed by atoms with Crippen LogP contribution in [0.15, 0.2) is 48.5 Å². The van der Waals surface area contributed by atoms with Gasteiger partial charge in [-0.15, -0.1) is 0 Å². The van der Waals surface area contributed by atoms with Gasteiger partial charge in [0.25, 0.3) is 0 Å². The second-order valence-electron chi connectivity index (χ2n) is 4.29. The summed E-state index contributed by atoms with van der Waals surface area (Å²) >= 11 is 0. The van der Waals surface area contributed by atoms with E-state index < -0.39 is 5.91 Å². The molecule has 0 aromatic heterocycles. The molecule has 0 spiro atoms. The fourth-order valence-electron chi connectivity index (χ4n) is 1.71. The van der Waals surface area contributed by atoms with Crippen LogP contribution in [0.2, 0.25) is 0 Å². The molecule has 0 aliphatic rings. The Bertz CT molecular complexity index is 621. The van der Waals surface area contributed by atoms with Crippen LogP contribution in [-0.4, -0.2) is 11.8 Å². The Morgan fingerprint density at radius 1 is 1.00 bits per heavy atom. The first-order valence-electron chi connectivity index (χ1n) is 5.99. The van der Waals surface area contributed by atoms with Gasteiger partial charge < -0.3 is 11.1 Å². The van der Waals surface area contributed by atoms with Gasteiger partial charge in [-0.3, -0.25) is 9.59 Å². The van der Waals surface area contributed by atoms with E-state index in [1.807, 2.05) is 0 Å². The summed E-state index contributed by atoms with van der Waals surface area (Å²) in [6.07, 6.45) is 0.151. The van der Waals surface area contributed by atoms with Crippen LogP contribution in [0.3, 0.4) is 0 Å². The number of amides is 2. The smallest absolute Gasteiger partial charge is 0.248 e. The first-order valence-corrected chi connectivity index (χ1v) is 5.99. The Kier molecular flexibility index (Phi) is 4.10. The summed E-state index contributed by atoms with van der Waals surface area (Å²) in [5.74, 6) is -1.08. The molecule has 2 amide bonds. The summed E-state index contributed by atoms with van der Waals surface area (Å²) in [6.45, 7) is 0. The fourth-order valence-corrected chi connectivity index (χ4v) is 1.71. The summed E-state index contributed by atoms with van der Waals surface area (Å²) in [5, 5.41) is 2.69. The zero-order valence-corrected chi connectivity index (χ0v) is 10.6. The minimum atomic E-state index is -0.519. The maximum absolute atomic E-state index is 12.7. The normalized spacial score (nSPS) is 10.1. The number of rotatable bonds is 4. The molecular formula is C15H13FN2O2. The lowest BCUT2D eigenvalue weighted by molar-refractivity contribution is -0.115. The monoisotopic (exact) mass is 272 g/mol.